The average Bonchev–Trinajstić information content (AvgIpc) is 2.94. The van der Waals surface area contributed by atoms with Crippen molar-refractivity contribution in [2.75, 3.05) is 27.1 Å². The summed E-state index contributed by atoms with van der Waals surface area (Å²) in [6, 6.07) is 0.435. The van der Waals surface area contributed by atoms with E-state index in [2.05, 4.69) is 17.2 Å². The number of amides is 1. The normalized spacial score (nSPS) is 21.6. The lowest BCUT2D eigenvalue weighted by molar-refractivity contribution is -0.160. The Bertz CT molecular complexity index is 983. The van der Waals surface area contributed by atoms with Crippen LogP contribution in [0.5, 0.6) is 11.5 Å². The second kappa shape index (κ2) is 15.9. The lowest BCUT2D eigenvalue weighted by Gasteiger charge is -2.30. The first-order valence-electron chi connectivity index (χ1n) is 13.2. The van der Waals surface area contributed by atoms with Gasteiger partial charge in [-0.25, -0.2) is 9.78 Å². The zero-order valence-corrected chi connectivity index (χ0v) is 23.5. The molecule has 12 heteroatoms. The lowest BCUT2D eigenvalue weighted by Crippen LogP contribution is -2.44. The summed E-state index contributed by atoms with van der Waals surface area (Å²) >= 11 is 0. The van der Waals surface area contributed by atoms with Crippen molar-refractivity contribution in [3.63, 3.8) is 0 Å². The quantitative estimate of drug-likeness (QED) is 0.232. The van der Waals surface area contributed by atoms with Crippen LogP contribution in [0.3, 0.4) is 0 Å². The van der Waals surface area contributed by atoms with Crippen LogP contribution in [-0.2, 0) is 33.3 Å². The molecule has 2 rings (SSSR count). The molecule has 4 atom stereocenters. The van der Waals surface area contributed by atoms with E-state index in [9.17, 15) is 19.2 Å². The number of aromatic nitrogens is 1. The van der Waals surface area contributed by atoms with E-state index < -0.39 is 42.9 Å². The monoisotopic (exact) mass is 552 g/mol. The number of esters is 3. The van der Waals surface area contributed by atoms with Crippen LogP contribution in [0.4, 0.5) is 0 Å². The van der Waals surface area contributed by atoms with Gasteiger partial charge in [0.2, 0.25) is 6.79 Å². The predicted molar refractivity (Wildman–Crippen MR) is 138 cm³/mol. The van der Waals surface area contributed by atoms with Crippen LogP contribution in [0.15, 0.2) is 12.3 Å². The van der Waals surface area contributed by atoms with Gasteiger partial charge in [-0.05, 0) is 13.3 Å². The minimum Gasteiger partial charge on any atom is -0.493 e. The van der Waals surface area contributed by atoms with Crippen LogP contribution < -0.4 is 14.8 Å². The predicted octanol–water partition coefficient (Wildman–Crippen LogP) is 2.81. The Labute approximate surface area is 229 Å². The number of rotatable bonds is 12. The Hall–Kier alpha value is -3.41. The number of ether oxygens (including phenoxy) is 6. The maximum Gasteiger partial charge on any atom is 0.329 e. The fourth-order valence-corrected chi connectivity index (χ4v) is 4.02. The van der Waals surface area contributed by atoms with E-state index in [4.69, 9.17) is 28.4 Å². The summed E-state index contributed by atoms with van der Waals surface area (Å²) in [5, 5.41) is 2.65. The van der Waals surface area contributed by atoms with Gasteiger partial charge >= 0.3 is 17.9 Å². The van der Waals surface area contributed by atoms with Crippen molar-refractivity contribution in [3.8, 4) is 11.5 Å². The first-order chi connectivity index (χ1) is 18.6. The van der Waals surface area contributed by atoms with E-state index in [1.165, 1.54) is 26.3 Å². The number of carbonyl (C=O) groups is 4. The highest BCUT2D eigenvalue weighted by molar-refractivity contribution is 5.98. The minimum atomic E-state index is -1.04. The van der Waals surface area contributed by atoms with Gasteiger partial charge in [0, 0.05) is 38.1 Å². The highest BCUT2D eigenvalue weighted by Crippen LogP contribution is 2.30. The van der Waals surface area contributed by atoms with E-state index in [0.29, 0.717) is 6.42 Å². The van der Waals surface area contributed by atoms with Crippen LogP contribution in [0.1, 0.15) is 70.8 Å². The third kappa shape index (κ3) is 9.68. The van der Waals surface area contributed by atoms with Gasteiger partial charge in [0.1, 0.15) is 18.8 Å². The number of hydrogen-bond acceptors (Lipinski definition) is 11. The van der Waals surface area contributed by atoms with E-state index >= 15 is 0 Å². The molecule has 0 aromatic carbocycles. The molecular formula is C27H40N2O10. The molecule has 1 aliphatic rings. The fraction of sp³-hybridized carbons (Fsp3) is 0.667. The Morgan fingerprint density at radius 2 is 1.97 bits per heavy atom. The summed E-state index contributed by atoms with van der Waals surface area (Å²) in [6.07, 6.45) is 2.95. The van der Waals surface area contributed by atoms with Crippen molar-refractivity contribution in [1.29, 1.82) is 0 Å². The summed E-state index contributed by atoms with van der Waals surface area (Å²) < 4.78 is 32.8. The first kappa shape index (κ1) is 31.8. The molecule has 2 heterocycles. The molecule has 39 heavy (non-hydrogen) atoms. The molecule has 0 spiro atoms. The molecule has 0 unspecified atom stereocenters. The van der Waals surface area contributed by atoms with Crippen molar-refractivity contribution in [1.82, 2.24) is 10.3 Å². The molecule has 0 radical (unpaired) electrons. The molecule has 12 nitrogen and oxygen atoms in total. The Morgan fingerprint density at radius 1 is 1.23 bits per heavy atom. The van der Waals surface area contributed by atoms with Crippen molar-refractivity contribution >= 4 is 23.8 Å². The maximum atomic E-state index is 13.2. The van der Waals surface area contributed by atoms with Crippen molar-refractivity contribution in [2.24, 2.45) is 11.8 Å². The number of nitrogens with one attached hydrogen (secondary N) is 1. The molecule has 0 aliphatic carbocycles. The van der Waals surface area contributed by atoms with E-state index in [0.717, 1.165) is 12.8 Å². The van der Waals surface area contributed by atoms with Crippen molar-refractivity contribution in [3.05, 3.63) is 18.0 Å². The molecule has 1 saturated heterocycles. The zero-order chi connectivity index (χ0) is 28.9. The van der Waals surface area contributed by atoms with Gasteiger partial charge in [-0.2, -0.15) is 0 Å². The van der Waals surface area contributed by atoms with Gasteiger partial charge in [0.15, 0.2) is 17.2 Å². The Morgan fingerprint density at radius 3 is 2.62 bits per heavy atom. The van der Waals surface area contributed by atoms with E-state index in [1.807, 2.05) is 0 Å². The van der Waals surface area contributed by atoms with Gasteiger partial charge in [0.25, 0.3) is 5.91 Å². The standard InChI is InChI=1S/C27H40N2O10/c1-7-8-9-19-17(4)39-27(33)20(11-13-35-22(19)14-36-26(32)16(2)3)29-25(31)23-24(38-15-37-18(5)30)21(34-6)10-12-28-23/h10,12,16-17,19-20,22H,7-9,11,13-15H2,1-6H3,(H,29,31)/t17-,19-,20-,22+/m0/s1. The van der Waals surface area contributed by atoms with E-state index in [-0.39, 0.29) is 54.6 Å². The molecule has 1 fully saturated rings. The number of nitrogens with zero attached hydrogens (tertiary/aromatic N) is 1. The third-order valence-corrected chi connectivity index (χ3v) is 6.23. The van der Waals surface area contributed by atoms with Gasteiger partial charge in [-0.3, -0.25) is 14.4 Å². The van der Waals surface area contributed by atoms with Gasteiger partial charge in [0.05, 0.1) is 19.1 Å². The summed E-state index contributed by atoms with van der Waals surface area (Å²) in [4.78, 5) is 53.6. The second-order valence-electron chi connectivity index (χ2n) is 9.55. The molecule has 1 aliphatic heterocycles. The molecule has 218 valence electrons. The SMILES string of the molecule is CCCC[C@H]1[C@H](C)OC(=O)[C@@H](NC(=O)c2nccc(OC)c2OCOC(C)=O)CCO[C@@H]1COC(=O)C(C)C. The van der Waals surface area contributed by atoms with Crippen LogP contribution in [-0.4, -0.2) is 74.2 Å². The number of carbonyl (C=O) groups excluding carboxylic acids is 4. The number of cyclic esters (lactones) is 1. The number of pyridine rings is 1. The largest absolute Gasteiger partial charge is 0.493 e. The minimum absolute atomic E-state index is 0.0427. The van der Waals surface area contributed by atoms with Gasteiger partial charge in [-0.15, -0.1) is 0 Å². The maximum absolute atomic E-state index is 13.2. The highest BCUT2D eigenvalue weighted by Gasteiger charge is 2.36. The number of methoxy groups -OCH3 is 1. The van der Waals surface area contributed by atoms with E-state index in [1.54, 1.807) is 20.8 Å². The second-order valence-corrected chi connectivity index (χ2v) is 9.55. The first-order valence-corrected chi connectivity index (χ1v) is 13.2. The summed E-state index contributed by atoms with van der Waals surface area (Å²) in [7, 11) is 1.38. The molecule has 1 amide bonds. The fourth-order valence-electron chi connectivity index (χ4n) is 4.02. The molecule has 0 saturated carbocycles. The van der Waals surface area contributed by atoms with Gasteiger partial charge < -0.3 is 33.7 Å². The molecule has 0 bridgehead atoms. The summed E-state index contributed by atoms with van der Waals surface area (Å²) in [5.74, 6) is -2.58. The van der Waals surface area contributed by atoms with Crippen LogP contribution in [0.25, 0.3) is 0 Å². The zero-order valence-electron chi connectivity index (χ0n) is 23.5. The Balaban J connectivity index is 2.21. The number of unbranched alkanes of at least 4 members (excludes halogenated alkanes) is 1. The Kier molecular flexibility index (Phi) is 12.9. The lowest BCUT2D eigenvalue weighted by atomic mass is 9.91. The topological polar surface area (TPSA) is 149 Å². The highest BCUT2D eigenvalue weighted by atomic mass is 16.7. The third-order valence-electron chi connectivity index (χ3n) is 6.23. The summed E-state index contributed by atoms with van der Waals surface area (Å²) in [6.45, 7) is 8.24. The van der Waals surface area contributed by atoms with Crippen LogP contribution >= 0.6 is 0 Å². The molecule has 1 aromatic rings. The average molecular weight is 553 g/mol. The van der Waals surface area contributed by atoms with Crippen LogP contribution in [0, 0.1) is 11.8 Å². The molecule has 1 N–H and O–H groups in total. The van der Waals surface area contributed by atoms with Crippen molar-refractivity contribution in [2.45, 2.75) is 78.6 Å². The van der Waals surface area contributed by atoms with Gasteiger partial charge in [-0.1, -0.05) is 33.6 Å². The summed E-state index contributed by atoms with van der Waals surface area (Å²) in [5.41, 5.74) is -0.164. The smallest absolute Gasteiger partial charge is 0.329 e. The molecule has 1 aromatic heterocycles. The molecular weight excluding hydrogens is 512 g/mol. The van der Waals surface area contributed by atoms with Crippen molar-refractivity contribution < 1.29 is 47.6 Å². The van der Waals surface area contributed by atoms with Crippen LogP contribution in [0.2, 0.25) is 0 Å². The number of hydrogen-bond donors (Lipinski definition) is 1.